The molecule has 0 bridgehead atoms. The summed E-state index contributed by atoms with van der Waals surface area (Å²) < 4.78 is 1.64. The molecule has 3 heterocycles. The topological polar surface area (TPSA) is 107 Å². The monoisotopic (exact) mass is 561 g/mol. The number of para-hydroxylation sites is 2. The van der Waals surface area contributed by atoms with Crippen molar-refractivity contribution in [2.45, 2.75) is 38.8 Å². The maximum absolute atomic E-state index is 12.9. The molecule has 2 aromatic heterocycles. The minimum atomic E-state index is -0.339. The lowest BCUT2D eigenvalue weighted by atomic mass is 10.0. The van der Waals surface area contributed by atoms with Gasteiger partial charge in [-0.25, -0.2) is 14.3 Å². The number of hydrogen-bond donors (Lipinski definition) is 4. The number of aliphatic hydroxyl groups is 1. The van der Waals surface area contributed by atoms with Crippen molar-refractivity contribution in [1.82, 2.24) is 19.9 Å². The molecule has 4 aromatic rings. The molecule has 2 aromatic carbocycles. The number of benzene rings is 2. The highest BCUT2D eigenvalue weighted by Crippen LogP contribution is 2.29. The van der Waals surface area contributed by atoms with Gasteiger partial charge in [0.25, 0.3) is 0 Å². The molecule has 0 radical (unpaired) electrons. The van der Waals surface area contributed by atoms with Gasteiger partial charge in [-0.05, 0) is 56.5 Å². The molecule has 2 amide bonds. The Kier molecular flexibility index (Phi) is 10.1. The highest BCUT2D eigenvalue weighted by atomic mass is 35.5. The zero-order chi connectivity index (χ0) is 28.5. The van der Waals surface area contributed by atoms with Gasteiger partial charge in [0.1, 0.15) is 0 Å². The average molecular weight is 562 g/mol. The quantitative estimate of drug-likeness (QED) is 0.212. The third kappa shape index (κ3) is 7.81. The van der Waals surface area contributed by atoms with Crippen LogP contribution in [0.5, 0.6) is 0 Å². The third-order valence-electron chi connectivity index (χ3n) is 6.29. The van der Waals surface area contributed by atoms with Crippen molar-refractivity contribution in [3.63, 3.8) is 0 Å². The van der Waals surface area contributed by atoms with Gasteiger partial charge in [0.2, 0.25) is 0 Å². The second-order valence-electron chi connectivity index (χ2n) is 9.83. The molecule has 40 heavy (non-hydrogen) atoms. The number of aliphatic hydroxyl groups excluding tert-OH is 1. The van der Waals surface area contributed by atoms with Crippen LogP contribution in [0.3, 0.4) is 0 Å². The van der Waals surface area contributed by atoms with Crippen LogP contribution in [0.2, 0.25) is 5.02 Å². The minimum absolute atomic E-state index is 0.167. The molecule has 0 spiro atoms. The molecule has 5 rings (SSSR count). The van der Waals surface area contributed by atoms with Gasteiger partial charge in [-0.3, -0.25) is 0 Å². The summed E-state index contributed by atoms with van der Waals surface area (Å²) in [7, 11) is 0. The van der Waals surface area contributed by atoms with E-state index in [-0.39, 0.29) is 12.1 Å². The molecule has 0 saturated carbocycles. The standard InChI is InChI=1S/C27H28ClN7O.C3H8O/c1-2-12-29-21-10-13-34(14-11-21)25-9-4-3-8-24(25)33-27(36)32-22-16-30-26-23(17-31-35(26)18-22)19-6-5-7-20(28)15-19;1-3(2)4/h2-9,15-18,21,29H,1,10-14H2,(H2,32,33,36);3-4H,1-2H3. The molecule has 1 aliphatic heterocycles. The van der Waals surface area contributed by atoms with Crippen molar-refractivity contribution in [1.29, 1.82) is 0 Å². The molecule has 10 heteroatoms. The number of rotatable bonds is 7. The lowest BCUT2D eigenvalue weighted by Crippen LogP contribution is -2.42. The molecule has 1 aliphatic rings. The molecule has 1 saturated heterocycles. The van der Waals surface area contributed by atoms with Crippen LogP contribution < -0.4 is 20.9 Å². The van der Waals surface area contributed by atoms with E-state index in [2.05, 4.69) is 37.5 Å². The Bertz CT molecular complexity index is 1430. The minimum Gasteiger partial charge on any atom is -0.394 e. The second-order valence-corrected chi connectivity index (χ2v) is 10.3. The summed E-state index contributed by atoms with van der Waals surface area (Å²) in [5, 5.41) is 22.5. The number of halogens is 1. The number of urea groups is 1. The van der Waals surface area contributed by atoms with E-state index in [9.17, 15) is 4.79 Å². The van der Waals surface area contributed by atoms with E-state index in [1.807, 2.05) is 54.6 Å². The molecule has 210 valence electrons. The first kappa shape index (κ1) is 29.1. The van der Waals surface area contributed by atoms with E-state index in [4.69, 9.17) is 16.7 Å². The number of fused-ring (bicyclic) bond motifs is 1. The number of aromatic nitrogens is 3. The Balaban J connectivity index is 0.000000867. The summed E-state index contributed by atoms with van der Waals surface area (Å²) in [6.07, 6.45) is 8.91. The molecule has 0 atom stereocenters. The normalized spacial score (nSPS) is 13.6. The number of carbonyl (C=O) groups excluding carboxylic acids is 1. The lowest BCUT2D eigenvalue weighted by Gasteiger charge is -2.35. The summed E-state index contributed by atoms with van der Waals surface area (Å²) in [6.45, 7) is 9.89. The maximum atomic E-state index is 12.9. The van der Waals surface area contributed by atoms with E-state index in [1.54, 1.807) is 37.0 Å². The predicted molar refractivity (Wildman–Crippen MR) is 163 cm³/mol. The number of nitrogens with zero attached hydrogens (tertiary/aromatic N) is 4. The Hall–Kier alpha value is -3.92. The third-order valence-corrected chi connectivity index (χ3v) is 6.52. The SMILES string of the molecule is C=CCNC1CCN(c2ccccc2NC(=O)Nc2cnc3c(-c4cccc(Cl)c4)cnn3c2)CC1.CC(C)O. The van der Waals surface area contributed by atoms with Gasteiger partial charge < -0.3 is 26.0 Å². The van der Waals surface area contributed by atoms with E-state index in [1.165, 1.54) is 0 Å². The van der Waals surface area contributed by atoms with Crippen LogP contribution in [0.25, 0.3) is 16.8 Å². The van der Waals surface area contributed by atoms with Crippen molar-refractivity contribution in [2.24, 2.45) is 0 Å². The van der Waals surface area contributed by atoms with Gasteiger partial charge in [0, 0.05) is 42.4 Å². The summed E-state index contributed by atoms with van der Waals surface area (Å²) in [4.78, 5) is 19.7. The fourth-order valence-corrected chi connectivity index (χ4v) is 4.70. The molecule has 9 nitrogen and oxygen atoms in total. The summed E-state index contributed by atoms with van der Waals surface area (Å²) >= 11 is 6.14. The van der Waals surface area contributed by atoms with Gasteiger partial charge in [-0.15, -0.1) is 6.58 Å². The first-order valence-corrected chi connectivity index (χ1v) is 13.8. The van der Waals surface area contributed by atoms with Crippen LogP contribution in [-0.4, -0.2) is 57.5 Å². The highest BCUT2D eigenvalue weighted by molar-refractivity contribution is 6.30. The van der Waals surface area contributed by atoms with Crippen LogP contribution in [-0.2, 0) is 0 Å². The molecule has 0 aliphatic carbocycles. The van der Waals surface area contributed by atoms with Gasteiger partial charge >= 0.3 is 6.03 Å². The van der Waals surface area contributed by atoms with Gasteiger partial charge in [-0.2, -0.15) is 5.10 Å². The Labute approximate surface area is 239 Å². The largest absolute Gasteiger partial charge is 0.394 e. The van der Waals surface area contributed by atoms with Crippen LogP contribution in [0, 0.1) is 0 Å². The lowest BCUT2D eigenvalue weighted by molar-refractivity contribution is 0.216. The molecule has 0 unspecified atom stereocenters. The Morgan fingerprint density at radius 2 is 1.90 bits per heavy atom. The smallest absolute Gasteiger partial charge is 0.323 e. The Morgan fingerprint density at radius 3 is 2.62 bits per heavy atom. The first-order chi connectivity index (χ1) is 19.3. The van der Waals surface area contributed by atoms with Crippen LogP contribution in [0.1, 0.15) is 26.7 Å². The molecular weight excluding hydrogens is 526 g/mol. The van der Waals surface area contributed by atoms with Crippen molar-refractivity contribution < 1.29 is 9.90 Å². The van der Waals surface area contributed by atoms with Crippen molar-refractivity contribution >= 4 is 40.3 Å². The predicted octanol–water partition coefficient (Wildman–Crippen LogP) is 5.83. The number of anilines is 3. The number of piperidine rings is 1. The number of carbonyl (C=O) groups is 1. The van der Waals surface area contributed by atoms with E-state index in [0.29, 0.717) is 22.4 Å². The van der Waals surface area contributed by atoms with Gasteiger partial charge in [0.05, 0.1) is 35.7 Å². The molecular formula is C30H36ClN7O2. The first-order valence-electron chi connectivity index (χ1n) is 13.4. The zero-order valence-electron chi connectivity index (χ0n) is 22.8. The number of amides is 2. The van der Waals surface area contributed by atoms with E-state index in [0.717, 1.165) is 55.0 Å². The second kappa shape index (κ2) is 13.9. The maximum Gasteiger partial charge on any atom is 0.323 e. The summed E-state index contributed by atoms with van der Waals surface area (Å²) in [6, 6.07) is 15.6. The summed E-state index contributed by atoms with van der Waals surface area (Å²) in [5.41, 5.74) is 4.80. The van der Waals surface area contributed by atoms with Crippen molar-refractivity contribution in [3.05, 3.63) is 84.8 Å². The highest BCUT2D eigenvalue weighted by Gasteiger charge is 2.21. The average Bonchev–Trinajstić information content (AvgIpc) is 3.35. The molecule has 1 fully saturated rings. The van der Waals surface area contributed by atoms with Crippen LogP contribution in [0.15, 0.2) is 79.8 Å². The van der Waals surface area contributed by atoms with Gasteiger partial charge in [-0.1, -0.05) is 41.9 Å². The van der Waals surface area contributed by atoms with Gasteiger partial charge in [0.15, 0.2) is 5.65 Å². The van der Waals surface area contributed by atoms with Crippen molar-refractivity contribution in [3.8, 4) is 11.1 Å². The Morgan fingerprint density at radius 1 is 1.15 bits per heavy atom. The van der Waals surface area contributed by atoms with E-state index >= 15 is 0 Å². The van der Waals surface area contributed by atoms with Crippen molar-refractivity contribution in [2.75, 3.05) is 35.2 Å². The zero-order valence-corrected chi connectivity index (χ0v) is 23.6. The number of hydrogen-bond acceptors (Lipinski definition) is 6. The summed E-state index contributed by atoms with van der Waals surface area (Å²) in [5.74, 6) is 0. The van der Waals surface area contributed by atoms with E-state index < -0.39 is 0 Å². The fraction of sp³-hybridized carbons (Fsp3) is 0.300. The molecule has 4 N–H and O–H groups in total. The van der Waals surface area contributed by atoms with Crippen LogP contribution >= 0.6 is 11.6 Å². The van der Waals surface area contributed by atoms with Crippen LogP contribution in [0.4, 0.5) is 21.9 Å². The fourth-order valence-electron chi connectivity index (χ4n) is 4.51. The number of nitrogens with one attached hydrogen (secondary N) is 3.